The standard InChI is InChI=1S/C18H20N4O3/c23-18(19-14-15-6-2-1-3-7-15)21-12-10-20(11-13-21)16-8-4-5-9-17(16)22(24)25/h1-9H,10-14H2,(H,19,23). The average molecular weight is 340 g/mol. The van der Waals surface area contributed by atoms with Gasteiger partial charge in [-0.15, -0.1) is 0 Å². The summed E-state index contributed by atoms with van der Waals surface area (Å²) in [7, 11) is 0. The Bertz CT molecular complexity index is 743. The molecule has 1 aliphatic heterocycles. The van der Waals surface area contributed by atoms with E-state index in [1.807, 2.05) is 35.2 Å². The summed E-state index contributed by atoms with van der Waals surface area (Å²) in [5.74, 6) is 0. The fraction of sp³-hybridized carbons (Fsp3) is 0.278. The number of nitro benzene ring substituents is 1. The fourth-order valence-electron chi connectivity index (χ4n) is 2.92. The second-order valence-electron chi connectivity index (χ2n) is 5.86. The molecule has 1 aliphatic rings. The van der Waals surface area contributed by atoms with Crippen molar-refractivity contribution in [1.82, 2.24) is 10.2 Å². The Hall–Kier alpha value is -3.09. The molecule has 0 aliphatic carbocycles. The molecule has 7 heteroatoms. The van der Waals surface area contributed by atoms with Crippen LogP contribution in [0.4, 0.5) is 16.2 Å². The van der Waals surface area contributed by atoms with E-state index in [2.05, 4.69) is 5.32 Å². The largest absolute Gasteiger partial charge is 0.362 e. The van der Waals surface area contributed by atoms with Crippen molar-refractivity contribution in [3.05, 3.63) is 70.3 Å². The van der Waals surface area contributed by atoms with Crippen molar-refractivity contribution >= 4 is 17.4 Å². The van der Waals surface area contributed by atoms with E-state index in [0.717, 1.165) is 5.56 Å². The number of piperazine rings is 1. The van der Waals surface area contributed by atoms with E-state index in [0.29, 0.717) is 38.4 Å². The molecule has 1 heterocycles. The zero-order valence-corrected chi connectivity index (χ0v) is 13.8. The third kappa shape index (κ3) is 4.06. The van der Waals surface area contributed by atoms with Crippen molar-refractivity contribution in [2.75, 3.05) is 31.1 Å². The summed E-state index contributed by atoms with van der Waals surface area (Å²) in [4.78, 5) is 26.8. The quantitative estimate of drug-likeness (QED) is 0.685. The lowest BCUT2D eigenvalue weighted by Crippen LogP contribution is -2.51. The van der Waals surface area contributed by atoms with Gasteiger partial charge in [-0.05, 0) is 11.6 Å². The second kappa shape index (κ2) is 7.65. The highest BCUT2D eigenvalue weighted by molar-refractivity contribution is 5.74. The summed E-state index contributed by atoms with van der Waals surface area (Å²) >= 11 is 0. The molecule has 1 N–H and O–H groups in total. The molecule has 0 atom stereocenters. The molecular weight excluding hydrogens is 320 g/mol. The third-order valence-electron chi connectivity index (χ3n) is 4.27. The van der Waals surface area contributed by atoms with Crippen LogP contribution in [0.25, 0.3) is 0 Å². The van der Waals surface area contributed by atoms with Crippen molar-refractivity contribution in [2.24, 2.45) is 0 Å². The molecule has 2 amide bonds. The number of rotatable bonds is 4. The van der Waals surface area contributed by atoms with Gasteiger partial charge in [-0.1, -0.05) is 42.5 Å². The normalized spacial score (nSPS) is 14.2. The summed E-state index contributed by atoms with van der Waals surface area (Å²) in [6, 6.07) is 16.4. The van der Waals surface area contributed by atoms with Gasteiger partial charge in [0.15, 0.2) is 0 Å². The molecule has 0 unspecified atom stereocenters. The van der Waals surface area contributed by atoms with Gasteiger partial charge in [-0.2, -0.15) is 0 Å². The summed E-state index contributed by atoms with van der Waals surface area (Å²) in [6.07, 6.45) is 0. The molecule has 0 aromatic heterocycles. The maximum atomic E-state index is 12.3. The molecule has 1 saturated heterocycles. The highest BCUT2D eigenvalue weighted by Crippen LogP contribution is 2.28. The summed E-state index contributed by atoms with van der Waals surface area (Å²) in [5, 5.41) is 14.1. The zero-order chi connectivity index (χ0) is 17.6. The Balaban J connectivity index is 1.55. The Kier molecular flexibility index (Phi) is 5.13. The number of urea groups is 1. The molecule has 7 nitrogen and oxygen atoms in total. The van der Waals surface area contributed by atoms with Crippen LogP contribution in [0.2, 0.25) is 0 Å². The van der Waals surface area contributed by atoms with E-state index in [-0.39, 0.29) is 16.6 Å². The molecule has 1 fully saturated rings. The second-order valence-corrected chi connectivity index (χ2v) is 5.86. The van der Waals surface area contributed by atoms with Crippen molar-refractivity contribution in [1.29, 1.82) is 0 Å². The minimum absolute atomic E-state index is 0.101. The third-order valence-corrected chi connectivity index (χ3v) is 4.27. The van der Waals surface area contributed by atoms with Gasteiger partial charge in [0.2, 0.25) is 0 Å². The molecule has 3 rings (SSSR count). The summed E-state index contributed by atoms with van der Waals surface area (Å²) in [6.45, 7) is 2.70. The number of nitro groups is 1. The lowest BCUT2D eigenvalue weighted by atomic mass is 10.2. The Morgan fingerprint density at radius 3 is 2.32 bits per heavy atom. The topological polar surface area (TPSA) is 78.7 Å². The molecule has 130 valence electrons. The number of carbonyl (C=O) groups is 1. The molecule has 0 radical (unpaired) electrons. The van der Waals surface area contributed by atoms with Gasteiger partial charge < -0.3 is 15.1 Å². The van der Waals surface area contributed by atoms with Gasteiger partial charge in [0.25, 0.3) is 5.69 Å². The highest BCUT2D eigenvalue weighted by atomic mass is 16.6. The first-order valence-corrected chi connectivity index (χ1v) is 8.20. The van der Waals surface area contributed by atoms with Crippen molar-refractivity contribution < 1.29 is 9.72 Å². The first-order chi connectivity index (χ1) is 12.1. The lowest BCUT2D eigenvalue weighted by molar-refractivity contribution is -0.384. The van der Waals surface area contributed by atoms with Crippen LogP contribution >= 0.6 is 0 Å². The number of nitrogens with zero attached hydrogens (tertiary/aromatic N) is 3. The van der Waals surface area contributed by atoms with Crippen LogP contribution in [-0.4, -0.2) is 42.0 Å². The Labute approximate surface area is 146 Å². The number of anilines is 1. The zero-order valence-electron chi connectivity index (χ0n) is 13.8. The molecule has 0 spiro atoms. The number of hydrogen-bond acceptors (Lipinski definition) is 4. The van der Waals surface area contributed by atoms with Crippen LogP contribution in [0.1, 0.15) is 5.56 Å². The minimum atomic E-state index is -0.367. The average Bonchev–Trinajstić information content (AvgIpc) is 2.67. The monoisotopic (exact) mass is 340 g/mol. The van der Waals surface area contributed by atoms with Crippen LogP contribution in [0.15, 0.2) is 54.6 Å². The van der Waals surface area contributed by atoms with Gasteiger partial charge in [0, 0.05) is 38.8 Å². The van der Waals surface area contributed by atoms with Gasteiger partial charge >= 0.3 is 6.03 Å². The van der Waals surface area contributed by atoms with E-state index in [9.17, 15) is 14.9 Å². The highest BCUT2D eigenvalue weighted by Gasteiger charge is 2.25. The molecular formula is C18H20N4O3. The van der Waals surface area contributed by atoms with Crippen LogP contribution in [-0.2, 0) is 6.54 Å². The Morgan fingerprint density at radius 2 is 1.64 bits per heavy atom. The predicted octanol–water partition coefficient (Wildman–Crippen LogP) is 2.63. The number of amides is 2. The summed E-state index contributed by atoms with van der Waals surface area (Å²) in [5.41, 5.74) is 1.76. The molecule has 2 aromatic rings. The first kappa shape index (κ1) is 16.8. The minimum Gasteiger partial charge on any atom is -0.362 e. The molecule has 25 heavy (non-hydrogen) atoms. The SMILES string of the molecule is O=C(NCc1ccccc1)N1CCN(c2ccccc2[N+](=O)[O-])CC1. The number of carbonyl (C=O) groups excluding carboxylic acids is 1. The van der Waals surface area contributed by atoms with Crippen LogP contribution < -0.4 is 10.2 Å². The van der Waals surface area contributed by atoms with Crippen molar-refractivity contribution in [3.8, 4) is 0 Å². The fourth-order valence-corrected chi connectivity index (χ4v) is 2.92. The van der Waals surface area contributed by atoms with Gasteiger partial charge in [-0.25, -0.2) is 4.79 Å². The van der Waals surface area contributed by atoms with E-state index in [4.69, 9.17) is 0 Å². The number of para-hydroxylation sites is 2. The number of nitrogens with one attached hydrogen (secondary N) is 1. The Morgan fingerprint density at radius 1 is 1.00 bits per heavy atom. The van der Waals surface area contributed by atoms with Crippen molar-refractivity contribution in [2.45, 2.75) is 6.54 Å². The van der Waals surface area contributed by atoms with Gasteiger partial charge in [-0.3, -0.25) is 10.1 Å². The molecule has 0 saturated carbocycles. The predicted molar refractivity (Wildman–Crippen MR) is 95.6 cm³/mol. The van der Waals surface area contributed by atoms with E-state index in [1.165, 1.54) is 6.07 Å². The first-order valence-electron chi connectivity index (χ1n) is 8.20. The van der Waals surface area contributed by atoms with Crippen LogP contribution in [0.5, 0.6) is 0 Å². The molecule has 2 aromatic carbocycles. The maximum absolute atomic E-state index is 12.3. The maximum Gasteiger partial charge on any atom is 0.317 e. The van der Waals surface area contributed by atoms with Gasteiger partial charge in [0.05, 0.1) is 4.92 Å². The lowest BCUT2D eigenvalue weighted by Gasteiger charge is -2.35. The van der Waals surface area contributed by atoms with Crippen molar-refractivity contribution in [3.63, 3.8) is 0 Å². The van der Waals surface area contributed by atoms with E-state index >= 15 is 0 Å². The smallest absolute Gasteiger partial charge is 0.317 e. The van der Waals surface area contributed by atoms with E-state index in [1.54, 1.807) is 23.1 Å². The van der Waals surface area contributed by atoms with E-state index < -0.39 is 0 Å². The molecule has 0 bridgehead atoms. The summed E-state index contributed by atoms with van der Waals surface area (Å²) < 4.78 is 0. The van der Waals surface area contributed by atoms with Crippen LogP contribution in [0, 0.1) is 10.1 Å². The number of hydrogen-bond donors (Lipinski definition) is 1. The number of benzene rings is 2. The van der Waals surface area contributed by atoms with Crippen LogP contribution in [0.3, 0.4) is 0 Å². The van der Waals surface area contributed by atoms with Gasteiger partial charge in [0.1, 0.15) is 5.69 Å².